The molecule has 0 aliphatic carbocycles. The molecule has 1 aliphatic rings. The fourth-order valence-corrected chi connectivity index (χ4v) is 3.52. The van der Waals surface area contributed by atoms with Crippen LogP contribution in [0.5, 0.6) is 0 Å². The molecule has 1 fully saturated rings. The van der Waals surface area contributed by atoms with Crippen molar-refractivity contribution >= 4 is 11.8 Å². The molecule has 1 heterocycles. The first kappa shape index (κ1) is 19.4. The molecule has 1 aromatic carbocycles. The van der Waals surface area contributed by atoms with Gasteiger partial charge in [0.1, 0.15) is 6.04 Å². The smallest absolute Gasteiger partial charge is 0.242 e. The number of nitrogens with zero attached hydrogens (tertiary/aromatic N) is 1. The van der Waals surface area contributed by atoms with Crippen LogP contribution >= 0.6 is 0 Å². The summed E-state index contributed by atoms with van der Waals surface area (Å²) in [6.07, 6.45) is 3.25. The van der Waals surface area contributed by atoms with E-state index in [4.69, 9.17) is 0 Å². The molecule has 0 aromatic heterocycles. The van der Waals surface area contributed by atoms with Crippen LogP contribution < -0.4 is 5.32 Å². The van der Waals surface area contributed by atoms with E-state index in [1.54, 1.807) is 11.8 Å². The Morgan fingerprint density at radius 3 is 2.64 bits per heavy atom. The number of hydrogen-bond donors (Lipinski definition) is 2. The lowest BCUT2D eigenvalue weighted by Gasteiger charge is -2.35. The second kappa shape index (κ2) is 9.56. The maximum Gasteiger partial charge on any atom is 0.242 e. The van der Waals surface area contributed by atoms with Gasteiger partial charge in [-0.15, -0.1) is 0 Å². The molecule has 2 N–H and O–H groups in total. The van der Waals surface area contributed by atoms with Gasteiger partial charge in [0.2, 0.25) is 11.8 Å². The van der Waals surface area contributed by atoms with Crippen LogP contribution in [0.2, 0.25) is 0 Å². The van der Waals surface area contributed by atoms with Crippen LogP contribution in [0.15, 0.2) is 30.3 Å². The predicted molar refractivity (Wildman–Crippen MR) is 98.1 cm³/mol. The highest BCUT2D eigenvalue weighted by Crippen LogP contribution is 2.22. The number of piperidine rings is 1. The van der Waals surface area contributed by atoms with Gasteiger partial charge in [0.05, 0.1) is 6.10 Å². The van der Waals surface area contributed by atoms with Crippen LogP contribution in [0.1, 0.15) is 57.4 Å². The molecule has 0 bridgehead atoms. The minimum absolute atomic E-state index is 0.0449. The number of nitrogens with one attached hydrogen (secondary N) is 1. The van der Waals surface area contributed by atoms with Crippen molar-refractivity contribution < 1.29 is 14.7 Å². The van der Waals surface area contributed by atoms with Crippen molar-refractivity contribution in [1.82, 2.24) is 10.2 Å². The monoisotopic (exact) mass is 346 g/mol. The Labute approximate surface area is 150 Å². The van der Waals surface area contributed by atoms with Gasteiger partial charge in [-0.2, -0.15) is 0 Å². The van der Waals surface area contributed by atoms with Crippen LogP contribution in [0.4, 0.5) is 0 Å². The molecule has 2 rings (SSSR count). The van der Waals surface area contributed by atoms with Gasteiger partial charge in [-0.3, -0.25) is 9.59 Å². The summed E-state index contributed by atoms with van der Waals surface area (Å²) in [5.74, 6) is 0.0283. The van der Waals surface area contributed by atoms with Crippen LogP contribution in [-0.4, -0.2) is 47.1 Å². The summed E-state index contributed by atoms with van der Waals surface area (Å²) in [4.78, 5) is 26.5. The van der Waals surface area contributed by atoms with E-state index in [0.717, 1.165) is 24.8 Å². The molecule has 138 valence electrons. The molecular weight excluding hydrogens is 316 g/mol. The zero-order chi connectivity index (χ0) is 18.2. The van der Waals surface area contributed by atoms with Gasteiger partial charge in [-0.1, -0.05) is 37.3 Å². The lowest BCUT2D eigenvalue weighted by molar-refractivity contribution is -0.142. The van der Waals surface area contributed by atoms with E-state index in [-0.39, 0.29) is 23.8 Å². The summed E-state index contributed by atoms with van der Waals surface area (Å²) in [6, 6.07) is 9.57. The number of aliphatic hydroxyl groups excluding tert-OH is 1. The van der Waals surface area contributed by atoms with Crippen LogP contribution in [0.25, 0.3) is 0 Å². The molecule has 3 atom stereocenters. The number of amides is 2. The second-order valence-corrected chi connectivity index (χ2v) is 6.89. The summed E-state index contributed by atoms with van der Waals surface area (Å²) in [7, 11) is 0. The first-order valence-electron chi connectivity index (χ1n) is 9.33. The summed E-state index contributed by atoms with van der Waals surface area (Å²) >= 11 is 0. The quantitative estimate of drug-likeness (QED) is 0.797. The van der Waals surface area contributed by atoms with Crippen molar-refractivity contribution in [3.63, 3.8) is 0 Å². The van der Waals surface area contributed by atoms with Gasteiger partial charge in [-0.25, -0.2) is 0 Å². The predicted octanol–water partition coefficient (Wildman–Crippen LogP) is 2.45. The Morgan fingerprint density at radius 1 is 1.28 bits per heavy atom. The zero-order valence-corrected chi connectivity index (χ0v) is 15.3. The summed E-state index contributed by atoms with van der Waals surface area (Å²) in [6.45, 7) is 4.74. The average molecular weight is 346 g/mol. The van der Waals surface area contributed by atoms with Crippen molar-refractivity contribution in [3.8, 4) is 0 Å². The Morgan fingerprint density at radius 2 is 2.00 bits per heavy atom. The van der Waals surface area contributed by atoms with Gasteiger partial charge in [0, 0.05) is 25.4 Å². The molecule has 0 radical (unpaired) electrons. The number of rotatable bonds is 7. The molecule has 0 saturated carbocycles. The number of benzene rings is 1. The maximum absolute atomic E-state index is 12.7. The first-order chi connectivity index (χ1) is 12.0. The molecule has 25 heavy (non-hydrogen) atoms. The third kappa shape index (κ3) is 5.56. The van der Waals surface area contributed by atoms with E-state index >= 15 is 0 Å². The van der Waals surface area contributed by atoms with Gasteiger partial charge >= 0.3 is 0 Å². The van der Waals surface area contributed by atoms with Crippen molar-refractivity contribution in [1.29, 1.82) is 0 Å². The van der Waals surface area contributed by atoms with Crippen molar-refractivity contribution in [2.45, 2.75) is 64.0 Å². The highest BCUT2D eigenvalue weighted by molar-refractivity contribution is 5.87. The van der Waals surface area contributed by atoms with E-state index in [0.29, 0.717) is 25.9 Å². The maximum atomic E-state index is 12.7. The highest BCUT2D eigenvalue weighted by atomic mass is 16.3. The molecule has 1 aliphatic heterocycles. The second-order valence-electron chi connectivity index (χ2n) is 6.89. The minimum Gasteiger partial charge on any atom is -0.393 e. The fraction of sp³-hybridized carbons (Fsp3) is 0.600. The van der Waals surface area contributed by atoms with Crippen LogP contribution in [0, 0.1) is 0 Å². The number of aliphatic hydroxyl groups is 1. The van der Waals surface area contributed by atoms with E-state index in [1.807, 2.05) is 37.3 Å². The molecule has 5 nitrogen and oxygen atoms in total. The average Bonchev–Trinajstić information content (AvgIpc) is 2.64. The zero-order valence-electron chi connectivity index (χ0n) is 15.3. The normalized spacial score (nSPS) is 20.0. The molecule has 1 aromatic rings. The molecule has 5 heteroatoms. The number of carbonyl (C=O) groups excluding carboxylic acids is 2. The number of carbonyl (C=O) groups is 2. The molecule has 0 spiro atoms. The number of hydrogen-bond acceptors (Lipinski definition) is 3. The topological polar surface area (TPSA) is 69.6 Å². The third-order valence-electron chi connectivity index (χ3n) is 4.85. The van der Waals surface area contributed by atoms with Crippen molar-refractivity contribution in [2.75, 3.05) is 13.1 Å². The van der Waals surface area contributed by atoms with Gasteiger partial charge < -0.3 is 15.3 Å². The van der Waals surface area contributed by atoms with Crippen molar-refractivity contribution in [3.05, 3.63) is 35.9 Å². The van der Waals surface area contributed by atoms with Gasteiger partial charge in [0.15, 0.2) is 0 Å². The highest BCUT2D eigenvalue weighted by Gasteiger charge is 2.31. The van der Waals surface area contributed by atoms with E-state index in [9.17, 15) is 14.7 Å². The van der Waals surface area contributed by atoms with Crippen LogP contribution in [-0.2, 0) is 9.59 Å². The molecule has 2 amide bonds. The van der Waals surface area contributed by atoms with Gasteiger partial charge in [-0.05, 0) is 38.2 Å². The molecule has 3 unspecified atom stereocenters. The van der Waals surface area contributed by atoms with Crippen LogP contribution in [0.3, 0.4) is 0 Å². The first-order valence-corrected chi connectivity index (χ1v) is 9.33. The SMILES string of the molecule is CCC(=O)N1CCCCC1C(=O)NCC(CC(C)O)c1ccccc1. The minimum atomic E-state index is -0.435. The fourth-order valence-electron chi connectivity index (χ4n) is 3.52. The largest absolute Gasteiger partial charge is 0.393 e. The number of likely N-dealkylation sites (tertiary alicyclic amines) is 1. The lowest BCUT2D eigenvalue weighted by atomic mass is 9.93. The van der Waals surface area contributed by atoms with Gasteiger partial charge in [0.25, 0.3) is 0 Å². The van der Waals surface area contributed by atoms with E-state index in [2.05, 4.69) is 5.32 Å². The lowest BCUT2D eigenvalue weighted by Crippen LogP contribution is -2.52. The molecular formula is C20H30N2O3. The third-order valence-corrected chi connectivity index (χ3v) is 4.85. The Balaban J connectivity index is 2.00. The standard InChI is InChI=1S/C20H30N2O3/c1-3-19(24)22-12-8-7-11-18(22)20(25)21-14-17(13-15(2)23)16-9-5-4-6-10-16/h4-6,9-10,15,17-18,23H,3,7-8,11-14H2,1-2H3,(H,21,25). The Hall–Kier alpha value is -1.88. The molecule has 1 saturated heterocycles. The Bertz CT molecular complexity index is 559. The van der Waals surface area contributed by atoms with E-state index < -0.39 is 6.10 Å². The summed E-state index contributed by atoms with van der Waals surface area (Å²) in [5.41, 5.74) is 1.11. The summed E-state index contributed by atoms with van der Waals surface area (Å²) < 4.78 is 0. The summed E-state index contributed by atoms with van der Waals surface area (Å²) in [5, 5.41) is 12.8. The van der Waals surface area contributed by atoms with E-state index in [1.165, 1.54) is 0 Å². The Kier molecular flexibility index (Phi) is 7.44. The van der Waals surface area contributed by atoms with Crippen molar-refractivity contribution in [2.24, 2.45) is 0 Å².